The summed E-state index contributed by atoms with van der Waals surface area (Å²) in [6.45, 7) is 3.55. The first kappa shape index (κ1) is 14.2. The third-order valence-corrected chi connectivity index (χ3v) is 3.66. The first-order valence-electron chi connectivity index (χ1n) is 6.07. The van der Waals surface area contributed by atoms with Crippen LogP contribution >= 0.6 is 0 Å². The zero-order valence-electron chi connectivity index (χ0n) is 10.7. The van der Waals surface area contributed by atoms with E-state index in [0.29, 0.717) is 18.4 Å². The zero-order chi connectivity index (χ0) is 13.8. The molecule has 4 nitrogen and oxygen atoms in total. The Morgan fingerprint density at radius 1 is 1.22 bits per heavy atom. The van der Waals surface area contributed by atoms with Crippen molar-refractivity contribution in [3.8, 4) is 0 Å². The summed E-state index contributed by atoms with van der Waals surface area (Å²) in [5, 5.41) is 9.50. The molecule has 3 N–H and O–H groups in total. The molecule has 1 amide bonds. The first-order valence-corrected chi connectivity index (χ1v) is 6.07. The van der Waals surface area contributed by atoms with Crippen LogP contribution in [0.3, 0.4) is 0 Å². The minimum atomic E-state index is -1.13. The second-order valence-electron chi connectivity index (χ2n) is 4.41. The highest BCUT2D eigenvalue weighted by molar-refractivity contribution is 5.90. The van der Waals surface area contributed by atoms with Crippen LogP contribution < -0.4 is 5.73 Å². The van der Waals surface area contributed by atoms with Crippen LogP contribution in [-0.2, 0) is 9.59 Å². The molecule has 0 aliphatic heterocycles. The van der Waals surface area contributed by atoms with Gasteiger partial charge in [-0.3, -0.25) is 9.59 Å². The Hall–Kier alpha value is -1.84. The fourth-order valence-electron chi connectivity index (χ4n) is 2.49. The van der Waals surface area contributed by atoms with Crippen molar-refractivity contribution in [2.45, 2.75) is 32.6 Å². The van der Waals surface area contributed by atoms with Gasteiger partial charge in [-0.25, -0.2) is 0 Å². The van der Waals surface area contributed by atoms with E-state index in [4.69, 9.17) is 5.73 Å². The minimum Gasteiger partial charge on any atom is -0.481 e. The molecule has 1 aromatic carbocycles. The zero-order valence-corrected chi connectivity index (χ0v) is 10.7. The number of hydrogen-bond donors (Lipinski definition) is 2. The number of carbonyl (C=O) groups excluding carboxylic acids is 1. The Labute approximate surface area is 107 Å². The van der Waals surface area contributed by atoms with Crippen molar-refractivity contribution < 1.29 is 14.7 Å². The second-order valence-corrected chi connectivity index (χ2v) is 4.41. The average molecular weight is 249 g/mol. The summed E-state index contributed by atoms with van der Waals surface area (Å²) in [6, 6.07) is 8.88. The monoisotopic (exact) mass is 249 g/mol. The summed E-state index contributed by atoms with van der Waals surface area (Å²) in [6.07, 6.45) is 0.725. The maximum atomic E-state index is 11.7. The molecular weight excluding hydrogens is 230 g/mol. The van der Waals surface area contributed by atoms with Crippen molar-refractivity contribution in [2.24, 2.45) is 11.1 Å². The lowest BCUT2D eigenvalue weighted by Gasteiger charge is -2.34. The van der Waals surface area contributed by atoms with Crippen LogP contribution in [0, 0.1) is 5.41 Å². The highest BCUT2D eigenvalue weighted by atomic mass is 16.4. The standard InChI is InChI=1S/C14H19NO3/c1-3-14(4-2,13(17)18)11(12(15)16)10-8-6-5-7-9-10/h5-9,11H,3-4H2,1-2H3,(H2,15,16)(H,17,18). The molecule has 98 valence electrons. The van der Waals surface area contributed by atoms with E-state index in [-0.39, 0.29) is 0 Å². The molecule has 0 aliphatic rings. The SMILES string of the molecule is CCC(CC)(C(=O)O)C(C(N)=O)c1ccccc1. The van der Waals surface area contributed by atoms with Gasteiger partial charge in [0, 0.05) is 0 Å². The van der Waals surface area contributed by atoms with Crippen molar-refractivity contribution in [2.75, 3.05) is 0 Å². The number of primary amides is 1. The average Bonchev–Trinajstić information content (AvgIpc) is 2.36. The predicted molar refractivity (Wildman–Crippen MR) is 69.0 cm³/mol. The van der Waals surface area contributed by atoms with Gasteiger partial charge >= 0.3 is 5.97 Å². The number of carboxylic acids is 1. The Morgan fingerprint density at radius 2 is 1.72 bits per heavy atom. The highest BCUT2D eigenvalue weighted by Crippen LogP contribution is 2.42. The van der Waals surface area contributed by atoms with E-state index in [1.165, 1.54) is 0 Å². The molecule has 1 atom stereocenters. The molecular formula is C14H19NO3. The van der Waals surface area contributed by atoms with E-state index >= 15 is 0 Å². The molecule has 18 heavy (non-hydrogen) atoms. The fourth-order valence-corrected chi connectivity index (χ4v) is 2.49. The van der Waals surface area contributed by atoms with Crippen molar-refractivity contribution in [3.05, 3.63) is 35.9 Å². The van der Waals surface area contributed by atoms with Crippen LogP contribution in [0.25, 0.3) is 0 Å². The Kier molecular flexibility index (Phi) is 4.48. The van der Waals surface area contributed by atoms with E-state index in [0.717, 1.165) is 0 Å². The molecule has 1 rings (SSSR count). The molecule has 1 aromatic rings. The van der Waals surface area contributed by atoms with Crippen LogP contribution in [0.15, 0.2) is 30.3 Å². The summed E-state index contributed by atoms with van der Waals surface area (Å²) in [7, 11) is 0. The van der Waals surface area contributed by atoms with Gasteiger partial charge in [-0.1, -0.05) is 44.2 Å². The predicted octanol–water partition coefficient (Wildman–Crippen LogP) is 2.15. The van der Waals surface area contributed by atoms with Crippen molar-refractivity contribution in [1.82, 2.24) is 0 Å². The smallest absolute Gasteiger partial charge is 0.310 e. The van der Waals surface area contributed by atoms with Crippen LogP contribution in [0.2, 0.25) is 0 Å². The summed E-state index contributed by atoms with van der Waals surface area (Å²) in [4.78, 5) is 23.3. The normalized spacial score (nSPS) is 13.0. The second kappa shape index (κ2) is 5.67. The number of aliphatic carboxylic acids is 1. The van der Waals surface area contributed by atoms with Gasteiger partial charge in [0.05, 0.1) is 11.3 Å². The van der Waals surface area contributed by atoms with E-state index < -0.39 is 23.2 Å². The van der Waals surface area contributed by atoms with Gasteiger partial charge in [0.25, 0.3) is 0 Å². The molecule has 0 radical (unpaired) electrons. The molecule has 0 aromatic heterocycles. The number of carboxylic acid groups (broad SMARTS) is 1. The lowest BCUT2D eigenvalue weighted by atomic mass is 9.68. The van der Waals surface area contributed by atoms with Crippen LogP contribution in [0.4, 0.5) is 0 Å². The van der Waals surface area contributed by atoms with Gasteiger partial charge in [-0.2, -0.15) is 0 Å². The number of amides is 1. The van der Waals surface area contributed by atoms with E-state index in [1.807, 2.05) is 6.07 Å². The number of nitrogens with two attached hydrogens (primary N) is 1. The molecule has 0 bridgehead atoms. The maximum absolute atomic E-state index is 11.7. The molecule has 0 fully saturated rings. The topological polar surface area (TPSA) is 80.4 Å². The molecule has 0 saturated carbocycles. The first-order chi connectivity index (χ1) is 8.49. The summed E-state index contributed by atoms with van der Waals surface area (Å²) in [5.41, 5.74) is 4.97. The largest absolute Gasteiger partial charge is 0.481 e. The molecule has 0 aliphatic carbocycles. The van der Waals surface area contributed by atoms with E-state index in [9.17, 15) is 14.7 Å². The number of hydrogen-bond acceptors (Lipinski definition) is 2. The molecule has 0 heterocycles. The minimum absolute atomic E-state index is 0.362. The lowest BCUT2D eigenvalue weighted by molar-refractivity contribution is -0.153. The van der Waals surface area contributed by atoms with Gasteiger partial charge in [0.15, 0.2) is 0 Å². The Morgan fingerprint density at radius 3 is 2.06 bits per heavy atom. The summed E-state index contributed by atoms with van der Waals surface area (Å²) in [5.74, 6) is -2.36. The third kappa shape index (κ3) is 2.37. The lowest BCUT2D eigenvalue weighted by Crippen LogP contribution is -2.42. The Balaban J connectivity index is 3.35. The van der Waals surface area contributed by atoms with Crippen LogP contribution in [0.5, 0.6) is 0 Å². The maximum Gasteiger partial charge on any atom is 0.310 e. The van der Waals surface area contributed by atoms with Gasteiger partial charge < -0.3 is 10.8 Å². The molecule has 0 saturated heterocycles. The van der Waals surface area contributed by atoms with Crippen molar-refractivity contribution in [1.29, 1.82) is 0 Å². The molecule has 1 unspecified atom stereocenters. The summed E-state index contributed by atoms with van der Waals surface area (Å²) < 4.78 is 0. The van der Waals surface area contributed by atoms with Crippen molar-refractivity contribution >= 4 is 11.9 Å². The van der Waals surface area contributed by atoms with Crippen LogP contribution in [-0.4, -0.2) is 17.0 Å². The molecule has 0 spiro atoms. The quantitative estimate of drug-likeness (QED) is 0.810. The fraction of sp³-hybridized carbons (Fsp3) is 0.429. The number of carbonyl (C=O) groups is 2. The number of benzene rings is 1. The van der Waals surface area contributed by atoms with Gasteiger partial charge in [-0.05, 0) is 18.4 Å². The summed E-state index contributed by atoms with van der Waals surface area (Å²) >= 11 is 0. The van der Waals surface area contributed by atoms with E-state index in [1.54, 1.807) is 38.1 Å². The van der Waals surface area contributed by atoms with Gasteiger partial charge in [0.1, 0.15) is 0 Å². The van der Waals surface area contributed by atoms with E-state index in [2.05, 4.69) is 0 Å². The van der Waals surface area contributed by atoms with Crippen molar-refractivity contribution in [3.63, 3.8) is 0 Å². The van der Waals surface area contributed by atoms with Crippen LogP contribution in [0.1, 0.15) is 38.2 Å². The van der Waals surface area contributed by atoms with Gasteiger partial charge in [-0.15, -0.1) is 0 Å². The van der Waals surface area contributed by atoms with Gasteiger partial charge in [0.2, 0.25) is 5.91 Å². The number of rotatable bonds is 6. The third-order valence-electron chi connectivity index (χ3n) is 3.66. The Bertz CT molecular complexity index is 424. The highest BCUT2D eigenvalue weighted by Gasteiger charge is 2.46. The molecule has 4 heteroatoms.